The zero-order chi connectivity index (χ0) is 12.6. The van der Waals surface area contributed by atoms with Gasteiger partial charge in [0.15, 0.2) is 0 Å². The molecule has 3 nitrogen and oxygen atoms in total. The molecule has 0 unspecified atom stereocenters. The van der Waals surface area contributed by atoms with Crippen LogP contribution >= 0.6 is 0 Å². The summed E-state index contributed by atoms with van der Waals surface area (Å²) in [5.74, 6) is 2.18. The Bertz CT molecular complexity index is 512. The van der Waals surface area contributed by atoms with Gasteiger partial charge in [0.2, 0.25) is 10.0 Å². The Hall–Kier alpha value is -0.870. The second kappa shape index (κ2) is 4.67. The fraction of sp³-hybridized carbons (Fsp3) is 0.571. The summed E-state index contributed by atoms with van der Waals surface area (Å²) in [5.41, 5.74) is 0. The first-order chi connectivity index (χ1) is 8.65. The van der Waals surface area contributed by atoms with Crippen LogP contribution < -0.4 is 4.72 Å². The highest BCUT2D eigenvalue weighted by molar-refractivity contribution is 7.89. The molecule has 0 aliphatic heterocycles. The zero-order valence-electron chi connectivity index (χ0n) is 10.4. The van der Waals surface area contributed by atoms with Gasteiger partial charge in [0.25, 0.3) is 0 Å². The fourth-order valence-electron chi connectivity index (χ4n) is 3.53. The molecule has 2 fully saturated rings. The van der Waals surface area contributed by atoms with E-state index >= 15 is 0 Å². The Morgan fingerprint density at radius 2 is 1.89 bits per heavy atom. The van der Waals surface area contributed by atoms with E-state index in [0.717, 1.165) is 11.8 Å². The Labute approximate surface area is 109 Å². The van der Waals surface area contributed by atoms with E-state index in [0.29, 0.717) is 17.4 Å². The van der Waals surface area contributed by atoms with Gasteiger partial charge in [0, 0.05) is 6.54 Å². The van der Waals surface area contributed by atoms with Crippen LogP contribution in [0.5, 0.6) is 0 Å². The molecule has 0 spiro atoms. The highest BCUT2D eigenvalue weighted by Crippen LogP contribution is 2.48. The van der Waals surface area contributed by atoms with Gasteiger partial charge < -0.3 is 0 Å². The van der Waals surface area contributed by atoms with Gasteiger partial charge in [0.1, 0.15) is 0 Å². The molecule has 98 valence electrons. The molecule has 2 aliphatic rings. The number of hydrogen-bond donors (Lipinski definition) is 1. The van der Waals surface area contributed by atoms with Gasteiger partial charge in [-0.1, -0.05) is 24.6 Å². The normalized spacial score (nSPS) is 30.8. The number of hydrogen-bond acceptors (Lipinski definition) is 2. The number of sulfonamides is 1. The SMILES string of the molecule is O=S(=O)(NC[C@@H]1C[C@H]2CC[C@H]1C2)c1ccccc1. The van der Waals surface area contributed by atoms with Gasteiger partial charge in [-0.05, 0) is 49.1 Å². The third kappa shape index (κ3) is 2.31. The molecule has 3 atom stereocenters. The predicted octanol–water partition coefficient (Wildman–Crippen LogP) is 2.40. The molecule has 0 saturated heterocycles. The summed E-state index contributed by atoms with van der Waals surface area (Å²) in [5, 5.41) is 0. The topological polar surface area (TPSA) is 46.2 Å². The lowest BCUT2D eigenvalue weighted by atomic mass is 9.89. The molecule has 18 heavy (non-hydrogen) atoms. The largest absolute Gasteiger partial charge is 0.240 e. The summed E-state index contributed by atoms with van der Waals surface area (Å²) in [6.07, 6.45) is 5.18. The number of rotatable bonds is 4. The summed E-state index contributed by atoms with van der Waals surface area (Å²) in [4.78, 5) is 0.369. The second-order valence-corrected chi connectivity index (χ2v) is 7.37. The molecule has 0 aromatic heterocycles. The van der Waals surface area contributed by atoms with Gasteiger partial charge in [-0.2, -0.15) is 0 Å². The van der Waals surface area contributed by atoms with E-state index in [-0.39, 0.29) is 0 Å². The van der Waals surface area contributed by atoms with Crippen LogP contribution in [0, 0.1) is 17.8 Å². The minimum atomic E-state index is -3.31. The highest BCUT2D eigenvalue weighted by Gasteiger charge is 2.39. The van der Waals surface area contributed by atoms with E-state index in [4.69, 9.17) is 0 Å². The summed E-state index contributed by atoms with van der Waals surface area (Å²) in [6, 6.07) is 8.62. The second-order valence-electron chi connectivity index (χ2n) is 5.60. The third-order valence-corrected chi connectivity index (χ3v) is 5.91. The van der Waals surface area contributed by atoms with E-state index in [1.54, 1.807) is 24.3 Å². The van der Waals surface area contributed by atoms with Gasteiger partial charge in [-0.3, -0.25) is 0 Å². The van der Waals surface area contributed by atoms with Crippen LogP contribution in [0.2, 0.25) is 0 Å². The van der Waals surface area contributed by atoms with Gasteiger partial charge in [-0.15, -0.1) is 0 Å². The quantitative estimate of drug-likeness (QED) is 0.908. The minimum absolute atomic E-state index is 0.369. The van der Waals surface area contributed by atoms with Crippen molar-refractivity contribution in [3.8, 4) is 0 Å². The first-order valence-electron chi connectivity index (χ1n) is 6.70. The molecule has 0 amide bonds. The highest BCUT2D eigenvalue weighted by atomic mass is 32.2. The first kappa shape index (κ1) is 12.2. The van der Waals surface area contributed by atoms with Crippen molar-refractivity contribution in [1.29, 1.82) is 0 Å². The lowest BCUT2D eigenvalue weighted by Gasteiger charge is -2.21. The summed E-state index contributed by atoms with van der Waals surface area (Å²) < 4.78 is 26.9. The predicted molar refractivity (Wildman–Crippen MR) is 70.6 cm³/mol. The molecule has 1 aromatic rings. The molecular weight excluding hydrogens is 246 g/mol. The van der Waals surface area contributed by atoms with E-state index < -0.39 is 10.0 Å². The number of nitrogens with one attached hydrogen (secondary N) is 1. The van der Waals surface area contributed by atoms with Crippen LogP contribution in [0.15, 0.2) is 35.2 Å². The number of fused-ring (bicyclic) bond motifs is 2. The third-order valence-electron chi connectivity index (χ3n) is 4.47. The molecule has 3 rings (SSSR count). The van der Waals surface area contributed by atoms with Crippen LogP contribution in [0.3, 0.4) is 0 Å². The maximum atomic E-state index is 12.1. The molecule has 2 saturated carbocycles. The van der Waals surface area contributed by atoms with Crippen molar-refractivity contribution in [3.05, 3.63) is 30.3 Å². The van der Waals surface area contributed by atoms with Crippen molar-refractivity contribution in [3.63, 3.8) is 0 Å². The minimum Gasteiger partial charge on any atom is -0.211 e. The zero-order valence-corrected chi connectivity index (χ0v) is 11.2. The van der Waals surface area contributed by atoms with Crippen molar-refractivity contribution in [1.82, 2.24) is 4.72 Å². The van der Waals surface area contributed by atoms with Crippen molar-refractivity contribution in [2.45, 2.75) is 30.6 Å². The standard InChI is InChI=1S/C14H19NO2S/c16-18(17,14-4-2-1-3-5-14)15-10-13-9-11-6-7-12(13)8-11/h1-5,11-13,15H,6-10H2/t11-,12-,13-/m0/s1. The maximum absolute atomic E-state index is 12.1. The summed E-state index contributed by atoms with van der Waals surface area (Å²) in [6.45, 7) is 0.610. The summed E-state index contributed by atoms with van der Waals surface area (Å²) >= 11 is 0. The fourth-order valence-corrected chi connectivity index (χ4v) is 4.64. The van der Waals surface area contributed by atoms with E-state index in [9.17, 15) is 8.42 Å². The molecule has 1 N–H and O–H groups in total. The maximum Gasteiger partial charge on any atom is 0.240 e. The van der Waals surface area contributed by atoms with E-state index in [1.807, 2.05) is 6.07 Å². The van der Waals surface area contributed by atoms with Gasteiger partial charge in [0.05, 0.1) is 4.90 Å². The van der Waals surface area contributed by atoms with Gasteiger partial charge >= 0.3 is 0 Å². The van der Waals surface area contributed by atoms with Crippen LogP contribution in [0.1, 0.15) is 25.7 Å². The first-order valence-corrected chi connectivity index (χ1v) is 8.18. The molecule has 1 aromatic carbocycles. The van der Waals surface area contributed by atoms with Crippen molar-refractivity contribution >= 4 is 10.0 Å². The average molecular weight is 265 g/mol. The van der Waals surface area contributed by atoms with Crippen molar-refractivity contribution in [2.24, 2.45) is 17.8 Å². The lowest BCUT2D eigenvalue weighted by molar-refractivity contribution is 0.333. The molecule has 2 aliphatic carbocycles. The van der Waals surface area contributed by atoms with Crippen LogP contribution in [-0.2, 0) is 10.0 Å². The lowest BCUT2D eigenvalue weighted by Crippen LogP contribution is -2.31. The van der Waals surface area contributed by atoms with Gasteiger partial charge in [-0.25, -0.2) is 13.1 Å². The van der Waals surface area contributed by atoms with Crippen molar-refractivity contribution in [2.75, 3.05) is 6.54 Å². The molecular formula is C14H19NO2S. The van der Waals surface area contributed by atoms with Crippen LogP contribution in [0.25, 0.3) is 0 Å². The molecule has 0 radical (unpaired) electrons. The number of benzene rings is 1. The Balaban J connectivity index is 1.63. The average Bonchev–Trinajstić information content (AvgIpc) is 3.00. The smallest absolute Gasteiger partial charge is 0.211 e. The Kier molecular flexibility index (Phi) is 3.16. The Morgan fingerprint density at radius 1 is 1.11 bits per heavy atom. The summed E-state index contributed by atoms with van der Waals surface area (Å²) in [7, 11) is -3.31. The van der Waals surface area contributed by atoms with Crippen LogP contribution in [-0.4, -0.2) is 15.0 Å². The van der Waals surface area contributed by atoms with E-state index in [2.05, 4.69) is 4.72 Å². The Morgan fingerprint density at radius 3 is 2.50 bits per heavy atom. The monoisotopic (exact) mass is 265 g/mol. The van der Waals surface area contributed by atoms with E-state index in [1.165, 1.54) is 25.7 Å². The molecule has 4 heteroatoms. The van der Waals surface area contributed by atoms with Crippen molar-refractivity contribution < 1.29 is 8.42 Å². The molecule has 2 bridgehead atoms. The van der Waals surface area contributed by atoms with Crippen LogP contribution in [0.4, 0.5) is 0 Å². The molecule has 0 heterocycles.